The Balaban J connectivity index is 1.45. The zero-order valence-electron chi connectivity index (χ0n) is 14.5. The van der Waals surface area contributed by atoms with E-state index in [1.807, 2.05) is 21.9 Å². The summed E-state index contributed by atoms with van der Waals surface area (Å²) in [7, 11) is 0. The second-order valence-electron chi connectivity index (χ2n) is 6.41. The minimum Gasteiger partial charge on any atom is -0.366 e. The van der Waals surface area contributed by atoms with Crippen molar-refractivity contribution in [3.8, 4) is 0 Å². The van der Waals surface area contributed by atoms with E-state index in [0.717, 1.165) is 0 Å². The van der Waals surface area contributed by atoms with E-state index < -0.39 is 0 Å². The van der Waals surface area contributed by atoms with Gasteiger partial charge in [0.05, 0.1) is 12.2 Å². The first-order valence-electron chi connectivity index (χ1n) is 8.67. The lowest BCUT2D eigenvalue weighted by molar-refractivity contribution is -0.130. The number of hydrogen-bond donors (Lipinski definition) is 1. The molecule has 2 aromatic carbocycles. The number of nitrogens with zero attached hydrogens (tertiary/aromatic N) is 2. The molecule has 0 bridgehead atoms. The van der Waals surface area contributed by atoms with E-state index in [1.165, 1.54) is 17.2 Å². The summed E-state index contributed by atoms with van der Waals surface area (Å²) in [6.07, 6.45) is 0. The number of carbonyl (C=O) groups excluding carboxylic acids is 1. The van der Waals surface area contributed by atoms with Crippen molar-refractivity contribution >= 4 is 11.6 Å². The average Bonchev–Trinajstić information content (AvgIpc) is 2.62. The molecular weight excluding hydrogens is 317 g/mol. The fourth-order valence-corrected chi connectivity index (χ4v) is 3.15. The Morgan fingerprint density at radius 3 is 2.56 bits per heavy atom. The van der Waals surface area contributed by atoms with Crippen LogP contribution >= 0.6 is 0 Å². The van der Waals surface area contributed by atoms with Gasteiger partial charge >= 0.3 is 0 Å². The van der Waals surface area contributed by atoms with E-state index >= 15 is 0 Å². The van der Waals surface area contributed by atoms with E-state index in [9.17, 15) is 9.18 Å². The fourth-order valence-electron chi connectivity index (χ4n) is 3.15. The van der Waals surface area contributed by atoms with Crippen LogP contribution in [0.5, 0.6) is 0 Å². The van der Waals surface area contributed by atoms with Gasteiger partial charge < -0.3 is 15.1 Å². The van der Waals surface area contributed by atoms with Crippen molar-refractivity contribution in [2.75, 3.05) is 37.6 Å². The largest absolute Gasteiger partial charge is 0.366 e. The molecule has 0 spiro atoms. The molecule has 1 saturated heterocycles. The van der Waals surface area contributed by atoms with Gasteiger partial charge in [-0.25, -0.2) is 4.39 Å². The van der Waals surface area contributed by atoms with Gasteiger partial charge in [0.25, 0.3) is 0 Å². The first-order chi connectivity index (χ1) is 12.1. The topological polar surface area (TPSA) is 35.6 Å². The lowest BCUT2D eigenvalue weighted by Gasteiger charge is -2.36. The van der Waals surface area contributed by atoms with Crippen molar-refractivity contribution in [2.24, 2.45) is 0 Å². The van der Waals surface area contributed by atoms with E-state index in [-0.39, 0.29) is 11.7 Å². The maximum absolute atomic E-state index is 13.9. The van der Waals surface area contributed by atoms with E-state index in [0.29, 0.717) is 45.0 Å². The molecule has 1 aliphatic rings. The van der Waals surface area contributed by atoms with Gasteiger partial charge in [0, 0.05) is 32.7 Å². The molecule has 0 unspecified atom stereocenters. The number of nitrogens with one attached hydrogen (secondary N) is 1. The summed E-state index contributed by atoms with van der Waals surface area (Å²) in [6.45, 7) is 5.63. The van der Waals surface area contributed by atoms with Gasteiger partial charge in [-0.3, -0.25) is 4.79 Å². The second-order valence-corrected chi connectivity index (χ2v) is 6.41. The predicted molar refractivity (Wildman–Crippen MR) is 98.1 cm³/mol. The zero-order valence-corrected chi connectivity index (χ0v) is 14.5. The standard InChI is InChI=1S/C20H24FN3O/c1-16-5-4-6-17(13-16)14-22-15-20(25)24-11-9-23(10-12-24)19-8-3-2-7-18(19)21/h2-8,13,22H,9-12,14-15H2,1H3. The number of carbonyl (C=O) groups is 1. The second kappa shape index (κ2) is 8.12. The van der Waals surface area contributed by atoms with Gasteiger partial charge in [-0.15, -0.1) is 0 Å². The van der Waals surface area contributed by atoms with Crippen molar-refractivity contribution in [1.82, 2.24) is 10.2 Å². The Hall–Kier alpha value is -2.40. The molecule has 3 rings (SSSR count). The molecule has 2 aromatic rings. The van der Waals surface area contributed by atoms with Crippen molar-refractivity contribution < 1.29 is 9.18 Å². The molecule has 1 heterocycles. The van der Waals surface area contributed by atoms with Crippen LogP contribution in [0.15, 0.2) is 48.5 Å². The maximum atomic E-state index is 13.9. The van der Waals surface area contributed by atoms with Crippen molar-refractivity contribution in [2.45, 2.75) is 13.5 Å². The van der Waals surface area contributed by atoms with Crippen LogP contribution in [0.3, 0.4) is 0 Å². The van der Waals surface area contributed by atoms with Gasteiger partial charge in [0.15, 0.2) is 0 Å². The fraction of sp³-hybridized carbons (Fsp3) is 0.350. The van der Waals surface area contributed by atoms with Crippen molar-refractivity contribution in [3.63, 3.8) is 0 Å². The third-order valence-corrected chi connectivity index (χ3v) is 4.51. The average molecular weight is 341 g/mol. The first-order valence-corrected chi connectivity index (χ1v) is 8.67. The molecule has 0 atom stereocenters. The lowest BCUT2D eigenvalue weighted by Crippen LogP contribution is -2.51. The van der Waals surface area contributed by atoms with Crippen LogP contribution in [0.4, 0.5) is 10.1 Å². The van der Waals surface area contributed by atoms with E-state index in [4.69, 9.17) is 0 Å². The number of para-hydroxylation sites is 1. The molecule has 25 heavy (non-hydrogen) atoms. The number of aryl methyl sites for hydroxylation is 1. The number of hydrogen-bond acceptors (Lipinski definition) is 3. The van der Waals surface area contributed by atoms with Crippen LogP contribution in [-0.4, -0.2) is 43.5 Å². The highest BCUT2D eigenvalue weighted by atomic mass is 19.1. The number of halogens is 1. The highest BCUT2D eigenvalue weighted by Crippen LogP contribution is 2.20. The monoisotopic (exact) mass is 341 g/mol. The molecule has 1 fully saturated rings. The van der Waals surface area contributed by atoms with Gasteiger partial charge in [-0.05, 0) is 24.6 Å². The molecule has 0 aliphatic carbocycles. The highest BCUT2D eigenvalue weighted by Gasteiger charge is 2.22. The van der Waals surface area contributed by atoms with Crippen LogP contribution < -0.4 is 10.2 Å². The molecule has 1 N–H and O–H groups in total. The van der Waals surface area contributed by atoms with Crippen LogP contribution in [0.1, 0.15) is 11.1 Å². The van der Waals surface area contributed by atoms with Gasteiger partial charge in [-0.1, -0.05) is 42.0 Å². The van der Waals surface area contributed by atoms with Crippen molar-refractivity contribution in [1.29, 1.82) is 0 Å². The van der Waals surface area contributed by atoms with E-state index in [2.05, 4.69) is 30.4 Å². The summed E-state index contributed by atoms with van der Waals surface area (Å²) < 4.78 is 13.9. The summed E-state index contributed by atoms with van der Waals surface area (Å²) in [5.74, 6) is -0.108. The molecule has 0 radical (unpaired) electrons. The van der Waals surface area contributed by atoms with Crippen LogP contribution in [0.2, 0.25) is 0 Å². The SMILES string of the molecule is Cc1cccc(CNCC(=O)N2CCN(c3ccccc3F)CC2)c1. The molecule has 5 heteroatoms. The Kier molecular flexibility index (Phi) is 5.66. The van der Waals surface area contributed by atoms with Crippen molar-refractivity contribution in [3.05, 3.63) is 65.5 Å². The summed E-state index contributed by atoms with van der Waals surface area (Å²) in [5.41, 5.74) is 3.01. The Morgan fingerprint density at radius 2 is 1.84 bits per heavy atom. The molecule has 4 nitrogen and oxygen atoms in total. The first kappa shape index (κ1) is 17.4. The number of rotatable bonds is 5. The van der Waals surface area contributed by atoms with Gasteiger partial charge in [-0.2, -0.15) is 0 Å². The van der Waals surface area contributed by atoms with E-state index in [1.54, 1.807) is 12.1 Å². The Bertz CT molecular complexity index is 726. The number of benzene rings is 2. The molecule has 1 aliphatic heterocycles. The molecule has 1 amide bonds. The Labute approximate surface area is 148 Å². The third kappa shape index (κ3) is 4.57. The summed E-state index contributed by atoms with van der Waals surface area (Å²) in [5, 5.41) is 3.21. The zero-order chi connectivity index (χ0) is 17.6. The maximum Gasteiger partial charge on any atom is 0.236 e. The quantitative estimate of drug-likeness (QED) is 0.908. The number of amides is 1. The molecule has 0 saturated carbocycles. The van der Waals surface area contributed by atoms with Crippen LogP contribution in [0.25, 0.3) is 0 Å². The minimum absolute atomic E-state index is 0.0980. The van der Waals surface area contributed by atoms with Gasteiger partial charge in [0.1, 0.15) is 5.82 Å². The highest BCUT2D eigenvalue weighted by molar-refractivity contribution is 5.78. The third-order valence-electron chi connectivity index (χ3n) is 4.51. The summed E-state index contributed by atoms with van der Waals surface area (Å²) >= 11 is 0. The number of piperazine rings is 1. The lowest BCUT2D eigenvalue weighted by atomic mass is 10.1. The van der Waals surface area contributed by atoms with Crippen LogP contribution in [-0.2, 0) is 11.3 Å². The Morgan fingerprint density at radius 1 is 1.08 bits per heavy atom. The molecule has 132 valence electrons. The van der Waals surface area contributed by atoms with Crippen LogP contribution in [0, 0.1) is 12.7 Å². The smallest absolute Gasteiger partial charge is 0.236 e. The molecular formula is C20H24FN3O. The van der Waals surface area contributed by atoms with Gasteiger partial charge in [0.2, 0.25) is 5.91 Å². The predicted octanol–water partition coefficient (Wildman–Crippen LogP) is 2.57. The normalized spacial score (nSPS) is 14.6. The number of anilines is 1. The minimum atomic E-state index is -0.206. The molecule has 0 aromatic heterocycles. The summed E-state index contributed by atoms with van der Waals surface area (Å²) in [4.78, 5) is 16.2. The summed E-state index contributed by atoms with van der Waals surface area (Å²) in [6, 6.07) is 15.0.